The minimum absolute atomic E-state index is 0.0508. The van der Waals surface area contributed by atoms with Crippen molar-refractivity contribution in [2.45, 2.75) is 26.8 Å². The summed E-state index contributed by atoms with van der Waals surface area (Å²) in [4.78, 5) is 38.4. The third kappa shape index (κ3) is 4.49. The molecule has 0 aliphatic rings. The van der Waals surface area contributed by atoms with E-state index in [1.165, 1.54) is 36.7 Å². The summed E-state index contributed by atoms with van der Waals surface area (Å²) in [5, 5.41) is 5.67. The minimum Gasteiger partial charge on any atom is -0.383 e. The van der Waals surface area contributed by atoms with E-state index in [1.807, 2.05) is 18.4 Å². The molecule has 0 bridgehead atoms. The smallest absolute Gasteiger partial charge is 0.324 e. The van der Waals surface area contributed by atoms with Crippen LogP contribution in [0.25, 0.3) is 11.0 Å². The van der Waals surface area contributed by atoms with Crippen LogP contribution >= 0.6 is 0 Å². The number of nitrogens with one attached hydrogen (secondary N) is 2. The van der Waals surface area contributed by atoms with Crippen molar-refractivity contribution >= 4 is 40.2 Å². The third-order valence-corrected chi connectivity index (χ3v) is 5.00. The van der Waals surface area contributed by atoms with Crippen LogP contribution in [0.4, 0.5) is 26.5 Å². The summed E-state index contributed by atoms with van der Waals surface area (Å²) in [6, 6.07) is 7.93. The summed E-state index contributed by atoms with van der Waals surface area (Å²) >= 11 is 0. The molecule has 0 atom stereocenters. The zero-order valence-corrected chi connectivity index (χ0v) is 18.3. The average molecular weight is 447 g/mol. The van der Waals surface area contributed by atoms with Gasteiger partial charge in [0.15, 0.2) is 5.78 Å². The number of anilines is 3. The standard InChI is InChI=1S/C23H22FN7O2/c1-12(2)31-10-17(19-21(25)26-11-27-22(19)31)20(32)14-8-13(3)28-18(9-14)30-23(33)29-16-6-4-15(24)5-7-16/h4-12H,1-3H3,(H2,25,26,27)(H2,28,29,30,33). The Morgan fingerprint density at radius 3 is 2.52 bits per heavy atom. The van der Waals surface area contributed by atoms with Crippen molar-refractivity contribution in [1.29, 1.82) is 0 Å². The van der Waals surface area contributed by atoms with Crippen molar-refractivity contribution in [1.82, 2.24) is 19.5 Å². The van der Waals surface area contributed by atoms with Gasteiger partial charge < -0.3 is 15.6 Å². The van der Waals surface area contributed by atoms with E-state index < -0.39 is 11.8 Å². The van der Waals surface area contributed by atoms with Crippen LogP contribution in [-0.2, 0) is 0 Å². The van der Waals surface area contributed by atoms with E-state index in [1.54, 1.807) is 19.2 Å². The monoisotopic (exact) mass is 447 g/mol. The first kappa shape index (κ1) is 21.9. The van der Waals surface area contributed by atoms with Crippen LogP contribution in [-0.4, -0.2) is 31.3 Å². The molecule has 0 aliphatic carbocycles. The second-order valence-electron chi connectivity index (χ2n) is 7.80. The molecule has 0 saturated carbocycles. The lowest BCUT2D eigenvalue weighted by Crippen LogP contribution is -2.20. The van der Waals surface area contributed by atoms with E-state index in [2.05, 4.69) is 25.6 Å². The molecular weight excluding hydrogens is 425 g/mol. The Morgan fingerprint density at radius 1 is 1.09 bits per heavy atom. The number of pyridine rings is 1. The van der Waals surface area contributed by atoms with Gasteiger partial charge in [-0.15, -0.1) is 0 Å². The van der Waals surface area contributed by atoms with E-state index >= 15 is 0 Å². The van der Waals surface area contributed by atoms with Gasteiger partial charge in [-0.3, -0.25) is 10.1 Å². The highest BCUT2D eigenvalue weighted by molar-refractivity contribution is 6.18. The number of benzene rings is 1. The van der Waals surface area contributed by atoms with Crippen LogP contribution in [0.2, 0.25) is 0 Å². The highest BCUT2D eigenvalue weighted by Gasteiger charge is 2.22. The number of rotatable bonds is 5. The summed E-state index contributed by atoms with van der Waals surface area (Å²) in [7, 11) is 0. The molecule has 168 valence electrons. The van der Waals surface area contributed by atoms with Crippen LogP contribution in [0, 0.1) is 12.7 Å². The van der Waals surface area contributed by atoms with Gasteiger partial charge in [0.2, 0.25) is 0 Å². The van der Waals surface area contributed by atoms with Gasteiger partial charge in [-0.2, -0.15) is 0 Å². The summed E-state index contributed by atoms with van der Waals surface area (Å²) in [5.41, 5.74) is 8.29. The number of aryl methyl sites for hydroxylation is 1. The number of nitrogen functional groups attached to an aromatic ring is 1. The molecule has 0 fully saturated rings. The highest BCUT2D eigenvalue weighted by atomic mass is 19.1. The van der Waals surface area contributed by atoms with Gasteiger partial charge in [0.05, 0.1) is 10.9 Å². The van der Waals surface area contributed by atoms with Crippen molar-refractivity contribution in [3.8, 4) is 0 Å². The lowest BCUT2D eigenvalue weighted by atomic mass is 10.0. The predicted octanol–water partition coefficient (Wildman–Crippen LogP) is 4.31. The zero-order chi connectivity index (χ0) is 23.7. The quantitative estimate of drug-likeness (QED) is 0.391. The number of amides is 2. The van der Waals surface area contributed by atoms with Crippen molar-refractivity contribution in [3.63, 3.8) is 0 Å². The van der Waals surface area contributed by atoms with Gasteiger partial charge in [0.25, 0.3) is 0 Å². The number of nitrogens with two attached hydrogens (primary N) is 1. The Kier molecular flexibility index (Phi) is 5.74. The lowest BCUT2D eigenvalue weighted by Gasteiger charge is -2.09. The molecule has 4 aromatic rings. The van der Waals surface area contributed by atoms with Gasteiger partial charge in [-0.05, 0) is 57.2 Å². The van der Waals surface area contributed by atoms with E-state index in [-0.39, 0.29) is 23.5 Å². The maximum atomic E-state index is 13.4. The predicted molar refractivity (Wildman–Crippen MR) is 124 cm³/mol. The molecule has 0 unspecified atom stereocenters. The number of halogens is 1. The van der Waals surface area contributed by atoms with Crippen LogP contribution in [0.5, 0.6) is 0 Å². The summed E-state index contributed by atoms with van der Waals surface area (Å²) < 4.78 is 14.9. The van der Waals surface area contributed by atoms with E-state index in [9.17, 15) is 14.0 Å². The molecule has 0 radical (unpaired) electrons. The van der Waals surface area contributed by atoms with Crippen LogP contribution in [0.3, 0.4) is 0 Å². The van der Waals surface area contributed by atoms with Crippen molar-refractivity contribution in [3.05, 3.63) is 71.6 Å². The molecular formula is C23H22FN7O2. The average Bonchev–Trinajstić information content (AvgIpc) is 3.16. The molecule has 4 rings (SSSR count). The van der Waals surface area contributed by atoms with Gasteiger partial charge in [0, 0.05) is 29.2 Å². The van der Waals surface area contributed by atoms with Crippen molar-refractivity contribution in [2.75, 3.05) is 16.4 Å². The molecule has 3 heterocycles. The number of carbonyl (C=O) groups is 2. The van der Waals surface area contributed by atoms with Gasteiger partial charge >= 0.3 is 6.03 Å². The van der Waals surface area contributed by atoms with Gasteiger partial charge in [-0.25, -0.2) is 24.1 Å². The van der Waals surface area contributed by atoms with E-state index in [0.717, 1.165) is 0 Å². The second-order valence-corrected chi connectivity index (χ2v) is 7.80. The fourth-order valence-electron chi connectivity index (χ4n) is 3.51. The molecule has 1 aromatic carbocycles. The molecule has 9 nitrogen and oxygen atoms in total. The van der Waals surface area contributed by atoms with Crippen molar-refractivity contribution in [2.24, 2.45) is 0 Å². The lowest BCUT2D eigenvalue weighted by molar-refractivity contribution is 0.104. The molecule has 3 aromatic heterocycles. The number of hydrogen-bond donors (Lipinski definition) is 3. The number of nitrogens with zero attached hydrogens (tertiary/aromatic N) is 4. The normalized spacial score (nSPS) is 11.1. The topological polar surface area (TPSA) is 128 Å². The number of urea groups is 1. The summed E-state index contributed by atoms with van der Waals surface area (Å²) in [6.45, 7) is 5.67. The van der Waals surface area contributed by atoms with Crippen LogP contribution in [0.15, 0.2) is 48.9 Å². The highest BCUT2D eigenvalue weighted by Crippen LogP contribution is 2.29. The number of aromatic nitrogens is 4. The van der Waals surface area contributed by atoms with Gasteiger partial charge in [0.1, 0.15) is 29.4 Å². The largest absolute Gasteiger partial charge is 0.383 e. The minimum atomic E-state index is -0.577. The molecule has 0 saturated heterocycles. The molecule has 0 spiro atoms. The van der Waals surface area contributed by atoms with Crippen LogP contribution < -0.4 is 16.4 Å². The molecule has 0 aliphatic heterocycles. The first-order chi connectivity index (χ1) is 15.7. The number of ketones is 1. The number of carbonyl (C=O) groups excluding carboxylic acids is 2. The Balaban J connectivity index is 1.65. The third-order valence-electron chi connectivity index (χ3n) is 5.00. The Morgan fingerprint density at radius 2 is 1.82 bits per heavy atom. The maximum absolute atomic E-state index is 13.4. The number of hydrogen-bond acceptors (Lipinski definition) is 6. The summed E-state index contributed by atoms with van der Waals surface area (Å²) in [5.74, 6) is -0.303. The maximum Gasteiger partial charge on any atom is 0.324 e. The fourth-order valence-corrected chi connectivity index (χ4v) is 3.51. The number of fused-ring (bicyclic) bond motifs is 1. The fraction of sp³-hybridized carbons (Fsp3) is 0.174. The Labute approximate surface area is 188 Å². The van der Waals surface area contributed by atoms with Crippen molar-refractivity contribution < 1.29 is 14.0 Å². The van der Waals surface area contributed by atoms with E-state index in [0.29, 0.717) is 33.5 Å². The molecule has 4 N–H and O–H groups in total. The summed E-state index contributed by atoms with van der Waals surface area (Å²) in [6.07, 6.45) is 3.08. The molecule has 33 heavy (non-hydrogen) atoms. The van der Waals surface area contributed by atoms with Crippen LogP contribution in [0.1, 0.15) is 41.5 Å². The second kappa shape index (κ2) is 8.65. The first-order valence-electron chi connectivity index (χ1n) is 10.2. The Bertz CT molecular complexity index is 1360. The molecule has 10 heteroatoms. The Hall–Kier alpha value is -4.34. The van der Waals surface area contributed by atoms with E-state index in [4.69, 9.17) is 5.73 Å². The molecule has 2 amide bonds. The SMILES string of the molecule is Cc1cc(C(=O)c2cn(C(C)C)c3ncnc(N)c23)cc(NC(=O)Nc2ccc(F)cc2)n1. The zero-order valence-electron chi connectivity index (χ0n) is 18.3. The van der Waals surface area contributed by atoms with Gasteiger partial charge in [-0.1, -0.05) is 0 Å². The first-order valence-corrected chi connectivity index (χ1v) is 10.2.